The van der Waals surface area contributed by atoms with Gasteiger partial charge in [-0.2, -0.15) is 0 Å². The highest BCUT2D eigenvalue weighted by Gasteiger charge is 2.23. The molecule has 170 valence electrons. The molecule has 3 aromatic rings. The molecule has 0 aromatic heterocycles. The van der Waals surface area contributed by atoms with Gasteiger partial charge in [-0.3, -0.25) is 9.59 Å². The van der Waals surface area contributed by atoms with Crippen LogP contribution in [0.1, 0.15) is 33.8 Å². The Morgan fingerprint density at radius 3 is 2.00 bits per heavy atom. The lowest BCUT2D eigenvalue weighted by atomic mass is 9.90. The van der Waals surface area contributed by atoms with Crippen molar-refractivity contribution in [2.45, 2.75) is 12.3 Å². The second-order valence-corrected chi connectivity index (χ2v) is 7.79. The lowest BCUT2D eigenvalue weighted by Gasteiger charge is -2.18. The monoisotopic (exact) mass is 461 g/mol. The minimum Gasteiger partial charge on any atom is -0.385 e. The second-order valence-electron chi connectivity index (χ2n) is 7.38. The number of rotatable bonds is 9. The van der Waals surface area contributed by atoms with E-state index in [2.05, 4.69) is 16.0 Å². The van der Waals surface area contributed by atoms with E-state index in [4.69, 9.17) is 17.0 Å². The molecule has 3 rings (SSSR count). The first-order valence-electron chi connectivity index (χ1n) is 10.7. The van der Waals surface area contributed by atoms with E-state index < -0.39 is 5.92 Å². The van der Waals surface area contributed by atoms with Crippen molar-refractivity contribution in [2.75, 3.05) is 25.6 Å². The van der Waals surface area contributed by atoms with Crippen LogP contribution >= 0.6 is 12.2 Å². The van der Waals surface area contributed by atoms with Crippen molar-refractivity contribution in [3.63, 3.8) is 0 Å². The zero-order valence-electron chi connectivity index (χ0n) is 18.4. The van der Waals surface area contributed by atoms with E-state index in [0.29, 0.717) is 24.4 Å². The van der Waals surface area contributed by atoms with E-state index >= 15 is 0 Å². The lowest BCUT2D eigenvalue weighted by molar-refractivity contribution is -0.120. The Morgan fingerprint density at radius 2 is 1.45 bits per heavy atom. The first-order valence-corrected chi connectivity index (χ1v) is 11.1. The van der Waals surface area contributed by atoms with Gasteiger partial charge in [-0.15, -0.1) is 0 Å². The quantitative estimate of drug-likeness (QED) is 0.330. The predicted octanol–water partition coefficient (Wildman–Crippen LogP) is 4.10. The van der Waals surface area contributed by atoms with E-state index in [-0.39, 0.29) is 16.9 Å². The zero-order chi connectivity index (χ0) is 23.5. The summed E-state index contributed by atoms with van der Waals surface area (Å²) in [5.41, 5.74) is 2.98. The fraction of sp³-hybridized carbons (Fsp3) is 0.192. The molecule has 6 nitrogen and oxygen atoms in total. The summed E-state index contributed by atoms with van der Waals surface area (Å²) >= 11 is 5.36. The van der Waals surface area contributed by atoms with Crippen LogP contribution in [-0.2, 0) is 9.53 Å². The van der Waals surface area contributed by atoms with Crippen LogP contribution in [0.3, 0.4) is 0 Å². The minimum atomic E-state index is -0.490. The minimum absolute atomic E-state index is 0.151. The molecule has 0 saturated carbocycles. The number of nitrogens with one attached hydrogen (secondary N) is 3. The van der Waals surface area contributed by atoms with Gasteiger partial charge in [0.2, 0.25) is 5.91 Å². The zero-order valence-corrected chi connectivity index (χ0v) is 19.2. The molecular weight excluding hydrogens is 434 g/mol. The highest BCUT2D eigenvalue weighted by Crippen LogP contribution is 2.24. The summed E-state index contributed by atoms with van der Waals surface area (Å²) in [5.74, 6) is -0.865. The van der Waals surface area contributed by atoms with E-state index in [9.17, 15) is 9.59 Å². The second kappa shape index (κ2) is 12.5. The number of amides is 2. The number of thiocarbonyl (C=S) groups is 1. The van der Waals surface area contributed by atoms with E-state index in [1.807, 2.05) is 60.7 Å². The third-order valence-corrected chi connectivity index (χ3v) is 5.18. The Labute approximate surface area is 199 Å². The fourth-order valence-electron chi connectivity index (χ4n) is 3.36. The third kappa shape index (κ3) is 7.24. The largest absolute Gasteiger partial charge is 0.385 e. The smallest absolute Gasteiger partial charge is 0.251 e. The van der Waals surface area contributed by atoms with Gasteiger partial charge >= 0.3 is 0 Å². The Morgan fingerprint density at radius 1 is 0.879 bits per heavy atom. The van der Waals surface area contributed by atoms with Crippen LogP contribution in [0.15, 0.2) is 84.9 Å². The molecule has 0 heterocycles. The van der Waals surface area contributed by atoms with Gasteiger partial charge in [-0.25, -0.2) is 0 Å². The molecule has 0 bridgehead atoms. The van der Waals surface area contributed by atoms with Gasteiger partial charge in [-0.05, 0) is 54.0 Å². The molecule has 0 saturated heterocycles. The summed E-state index contributed by atoms with van der Waals surface area (Å²) in [6.45, 7) is 1.15. The summed E-state index contributed by atoms with van der Waals surface area (Å²) in [5, 5.41) is 8.83. The molecule has 7 heteroatoms. The molecule has 3 aromatic carbocycles. The number of anilines is 1. The molecule has 0 aliphatic rings. The molecule has 0 fully saturated rings. The summed E-state index contributed by atoms with van der Waals surface area (Å²) < 4.78 is 4.97. The molecular formula is C26H27N3O3S. The van der Waals surface area contributed by atoms with Crippen molar-refractivity contribution < 1.29 is 14.3 Å². The normalized spacial score (nSPS) is 10.5. The van der Waals surface area contributed by atoms with Crippen molar-refractivity contribution in [2.24, 2.45) is 0 Å². The Balaban J connectivity index is 1.61. The average Bonchev–Trinajstić information content (AvgIpc) is 2.83. The fourth-order valence-corrected chi connectivity index (χ4v) is 3.58. The number of carbonyl (C=O) groups excluding carboxylic acids is 2. The SMILES string of the molecule is COCCCNC(=O)c1ccc(NC(=S)NC(=O)C(c2ccccc2)c2ccccc2)cc1. The Kier molecular flexibility index (Phi) is 9.11. The van der Waals surface area contributed by atoms with E-state index in [1.54, 1.807) is 31.4 Å². The van der Waals surface area contributed by atoms with Crippen molar-refractivity contribution in [3.8, 4) is 0 Å². The van der Waals surface area contributed by atoms with E-state index in [1.165, 1.54) is 0 Å². The van der Waals surface area contributed by atoms with Gasteiger partial charge < -0.3 is 20.7 Å². The summed E-state index contributed by atoms with van der Waals surface area (Å²) in [7, 11) is 1.63. The highest BCUT2D eigenvalue weighted by atomic mass is 32.1. The van der Waals surface area contributed by atoms with Gasteiger partial charge in [0.1, 0.15) is 0 Å². The molecule has 2 amide bonds. The number of hydrogen-bond donors (Lipinski definition) is 3. The first-order chi connectivity index (χ1) is 16.1. The molecule has 0 unspecified atom stereocenters. The molecule has 0 aliphatic heterocycles. The maximum absolute atomic E-state index is 13.1. The van der Waals surface area contributed by atoms with Crippen LogP contribution < -0.4 is 16.0 Å². The molecule has 0 radical (unpaired) electrons. The van der Waals surface area contributed by atoms with Crippen molar-refractivity contribution in [3.05, 3.63) is 102 Å². The number of methoxy groups -OCH3 is 1. The summed E-state index contributed by atoms with van der Waals surface area (Å²) in [6.07, 6.45) is 0.753. The number of benzene rings is 3. The number of ether oxygens (including phenoxy) is 1. The third-order valence-electron chi connectivity index (χ3n) is 4.98. The van der Waals surface area contributed by atoms with Gasteiger partial charge in [0, 0.05) is 31.5 Å². The van der Waals surface area contributed by atoms with Gasteiger partial charge in [0.25, 0.3) is 5.91 Å². The average molecular weight is 462 g/mol. The van der Waals surface area contributed by atoms with Crippen molar-refractivity contribution >= 4 is 34.8 Å². The van der Waals surface area contributed by atoms with Crippen molar-refractivity contribution in [1.82, 2.24) is 10.6 Å². The van der Waals surface area contributed by atoms with Crippen LogP contribution in [-0.4, -0.2) is 37.2 Å². The molecule has 0 spiro atoms. The maximum atomic E-state index is 13.1. The number of hydrogen-bond acceptors (Lipinski definition) is 4. The van der Waals surface area contributed by atoms with Crippen LogP contribution in [0.25, 0.3) is 0 Å². The predicted molar refractivity (Wildman–Crippen MR) is 134 cm³/mol. The van der Waals surface area contributed by atoms with Gasteiger partial charge in [-0.1, -0.05) is 60.7 Å². The standard InChI is InChI=1S/C26H27N3O3S/c1-32-18-8-17-27-24(30)21-13-15-22(16-14-21)28-26(33)29-25(31)23(19-9-4-2-5-10-19)20-11-6-3-7-12-20/h2-7,9-16,23H,8,17-18H2,1H3,(H,27,30)(H2,28,29,31,33). The van der Waals surface area contributed by atoms with E-state index in [0.717, 1.165) is 17.5 Å². The summed E-state index contributed by atoms with van der Waals surface area (Å²) in [6, 6.07) is 26.0. The van der Waals surface area contributed by atoms with Crippen molar-refractivity contribution in [1.29, 1.82) is 0 Å². The van der Waals surface area contributed by atoms with Crippen LogP contribution in [0.4, 0.5) is 5.69 Å². The highest BCUT2D eigenvalue weighted by molar-refractivity contribution is 7.80. The van der Waals surface area contributed by atoms with Gasteiger partial charge in [0.05, 0.1) is 5.92 Å². The molecule has 0 aliphatic carbocycles. The van der Waals surface area contributed by atoms with Crippen LogP contribution in [0.5, 0.6) is 0 Å². The number of carbonyl (C=O) groups is 2. The Bertz CT molecular complexity index is 1020. The molecule has 0 atom stereocenters. The van der Waals surface area contributed by atoms with Crippen LogP contribution in [0.2, 0.25) is 0 Å². The lowest BCUT2D eigenvalue weighted by Crippen LogP contribution is -2.37. The topological polar surface area (TPSA) is 79.5 Å². The first kappa shape index (κ1) is 24.1. The molecule has 3 N–H and O–H groups in total. The molecule has 33 heavy (non-hydrogen) atoms. The summed E-state index contributed by atoms with van der Waals surface area (Å²) in [4.78, 5) is 25.3. The maximum Gasteiger partial charge on any atom is 0.251 e. The Hall–Kier alpha value is -3.55. The van der Waals surface area contributed by atoms with Gasteiger partial charge in [0.15, 0.2) is 5.11 Å². The van der Waals surface area contributed by atoms with Crippen LogP contribution in [0, 0.1) is 0 Å².